The van der Waals surface area contributed by atoms with Crippen molar-refractivity contribution >= 4 is 27.9 Å². The third kappa shape index (κ3) is 4.57. The Morgan fingerprint density at radius 1 is 0.906 bits per heavy atom. The van der Waals surface area contributed by atoms with Crippen LogP contribution >= 0.6 is 0 Å². The number of likely N-dealkylation sites (tertiary alicyclic amines) is 1. The van der Waals surface area contributed by atoms with Gasteiger partial charge in [-0.15, -0.1) is 0 Å². The molecule has 0 bridgehead atoms. The number of rotatable bonds is 5. The molecule has 10 nitrogen and oxygen atoms in total. The van der Waals surface area contributed by atoms with Gasteiger partial charge in [0, 0.05) is 52.2 Å². The van der Waals surface area contributed by atoms with Gasteiger partial charge in [0.05, 0.1) is 24.0 Å². The third-order valence-corrected chi connectivity index (χ3v) is 9.08. The summed E-state index contributed by atoms with van der Waals surface area (Å²) in [6.45, 7) is 5.57. The minimum Gasteiger partial charge on any atom is -0.373 e. The number of nitrogens with zero attached hydrogens (tertiary/aromatic N) is 4. The molecule has 0 spiro atoms. The molecule has 0 radical (unpaired) electrons. The van der Waals surface area contributed by atoms with E-state index in [1.807, 2.05) is 13.8 Å². The van der Waals surface area contributed by atoms with Gasteiger partial charge in [0.15, 0.2) is 0 Å². The van der Waals surface area contributed by atoms with Crippen LogP contribution in [0.3, 0.4) is 0 Å². The summed E-state index contributed by atoms with van der Waals surface area (Å²) in [5.41, 5.74) is 0. The van der Waals surface area contributed by atoms with E-state index in [0.29, 0.717) is 26.2 Å². The molecular weight excluding hydrogens is 436 g/mol. The highest BCUT2D eigenvalue weighted by atomic mass is 32.2. The zero-order valence-corrected chi connectivity index (χ0v) is 19.8. The Labute approximate surface area is 190 Å². The molecule has 4 aliphatic rings. The van der Waals surface area contributed by atoms with Gasteiger partial charge in [-0.1, -0.05) is 12.8 Å². The highest BCUT2D eigenvalue weighted by Crippen LogP contribution is 2.38. The number of piperazine rings is 1. The van der Waals surface area contributed by atoms with Gasteiger partial charge in [0.25, 0.3) is 10.2 Å². The smallest absolute Gasteiger partial charge is 0.282 e. The van der Waals surface area contributed by atoms with Crippen molar-refractivity contribution in [2.45, 2.75) is 58.2 Å². The van der Waals surface area contributed by atoms with Crippen LogP contribution in [0, 0.1) is 11.8 Å². The molecule has 0 aromatic rings. The molecule has 4 atom stereocenters. The standard InChI is InChI=1S/C21H34N4O6S/c1-15-13-24(14-16(2)31-15)32(29,30)23-11-9-22(10-12-23)19(26)7-8-25-20(27)17-5-3-4-6-18(17)21(25)28/h15-18H,3-14H2,1-2H3/t15-,16+,17-,18+. The van der Waals surface area contributed by atoms with Gasteiger partial charge < -0.3 is 9.64 Å². The molecule has 4 rings (SSSR count). The zero-order valence-electron chi connectivity index (χ0n) is 18.9. The number of ether oxygens (including phenoxy) is 1. The average Bonchev–Trinajstić information content (AvgIpc) is 3.01. The summed E-state index contributed by atoms with van der Waals surface area (Å²) in [6.07, 6.45) is 3.24. The summed E-state index contributed by atoms with van der Waals surface area (Å²) in [7, 11) is -3.60. The lowest BCUT2D eigenvalue weighted by atomic mass is 9.81. The molecule has 3 aliphatic heterocycles. The second-order valence-corrected chi connectivity index (χ2v) is 11.4. The zero-order chi connectivity index (χ0) is 23.0. The van der Waals surface area contributed by atoms with E-state index in [2.05, 4.69) is 0 Å². The van der Waals surface area contributed by atoms with Gasteiger partial charge in [-0.25, -0.2) is 0 Å². The monoisotopic (exact) mass is 470 g/mol. The largest absolute Gasteiger partial charge is 0.373 e. The average molecular weight is 471 g/mol. The molecule has 1 saturated carbocycles. The lowest BCUT2D eigenvalue weighted by molar-refractivity contribution is -0.141. The minimum absolute atomic E-state index is 0.0855. The number of carbonyl (C=O) groups is 3. The molecular formula is C21H34N4O6S. The van der Waals surface area contributed by atoms with Gasteiger partial charge in [-0.2, -0.15) is 17.0 Å². The Morgan fingerprint density at radius 3 is 1.97 bits per heavy atom. The number of carbonyl (C=O) groups excluding carboxylic acids is 3. The molecule has 0 unspecified atom stereocenters. The number of imide groups is 1. The summed E-state index contributed by atoms with van der Waals surface area (Å²) >= 11 is 0. The van der Waals surface area contributed by atoms with Crippen molar-refractivity contribution in [2.75, 3.05) is 45.8 Å². The fourth-order valence-corrected chi connectivity index (χ4v) is 7.22. The first-order chi connectivity index (χ1) is 15.2. The number of fused-ring (bicyclic) bond motifs is 1. The van der Waals surface area contributed by atoms with Crippen molar-refractivity contribution < 1.29 is 27.5 Å². The Bertz CT molecular complexity index is 822. The molecule has 0 N–H and O–H groups in total. The molecule has 32 heavy (non-hydrogen) atoms. The Balaban J connectivity index is 1.27. The van der Waals surface area contributed by atoms with Crippen LogP contribution in [0.15, 0.2) is 0 Å². The van der Waals surface area contributed by atoms with Crippen LogP contribution in [0.2, 0.25) is 0 Å². The Kier molecular flexibility index (Phi) is 6.90. The predicted molar refractivity (Wildman–Crippen MR) is 115 cm³/mol. The van der Waals surface area contributed by atoms with E-state index in [1.165, 1.54) is 13.5 Å². The van der Waals surface area contributed by atoms with Crippen molar-refractivity contribution in [3.8, 4) is 0 Å². The third-order valence-electron chi connectivity index (χ3n) is 7.11. The maximum atomic E-state index is 13.0. The summed E-state index contributed by atoms with van der Waals surface area (Å²) in [4.78, 5) is 40.8. The number of amides is 3. The van der Waals surface area contributed by atoms with Gasteiger partial charge in [-0.05, 0) is 26.7 Å². The van der Waals surface area contributed by atoms with Crippen LogP contribution in [0.1, 0.15) is 46.0 Å². The molecule has 1 aliphatic carbocycles. The quantitative estimate of drug-likeness (QED) is 0.526. The summed E-state index contributed by atoms with van der Waals surface area (Å²) in [5, 5.41) is 0. The van der Waals surface area contributed by atoms with Crippen LogP contribution in [0.5, 0.6) is 0 Å². The molecule has 3 amide bonds. The number of hydrogen-bond donors (Lipinski definition) is 0. The molecule has 4 fully saturated rings. The maximum absolute atomic E-state index is 13.0. The minimum atomic E-state index is -3.60. The van der Waals surface area contributed by atoms with Crippen LogP contribution in [0.25, 0.3) is 0 Å². The maximum Gasteiger partial charge on any atom is 0.282 e. The first-order valence-electron chi connectivity index (χ1n) is 11.7. The van der Waals surface area contributed by atoms with E-state index in [9.17, 15) is 22.8 Å². The first-order valence-corrected chi connectivity index (χ1v) is 13.1. The van der Waals surface area contributed by atoms with Gasteiger partial charge in [0.2, 0.25) is 17.7 Å². The summed E-state index contributed by atoms with van der Waals surface area (Å²) in [6, 6.07) is 0. The van der Waals surface area contributed by atoms with Crippen LogP contribution in [-0.4, -0.2) is 103 Å². The fourth-order valence-electron chi connectivity index (χ4n) is 5.47. The van der Waals surface area contributed by atoms with E-state index in [-0.39, 0.29) is 67.8 Å². The van der Waals surface area contributed by atoms with Crippen molar-refractivity contribution in [2.24, 2.45) is 11.8 Å². The first kappa shape index (κ1) is 23.6. The van der Waals surface area contributed by atoms with Crippen LogP contribution in [-0.2, 0) is 29.3 Å². The van der Waals surface area contributed by atoms with E-state index < -0.39 is 10.2 Å². The van der Waals surface area contributed by atoms with Crippen molar-refractivity contribution in [3.05, 3.63) is 0 Å². The molecule has 3 saturated heterocycles. The Hall–Kier alpha value is -1.56. The highest BCUT2D eigenvalue weighted by Gasteiger charge is 2.48. The van der Waals surface area contributed by atoms with Crippen molar-refractivity contribution in [1.29, 1.82) is 0 Å². The van der Waals surface area contributed by atoms with E-state index >= 15 is 0 Å². The highest BCUT2D eigenvalue weighted by molar-refractivity contribution is 7.86. The number of hydrogen-bond acceptors (Lipinski definition) is 6. The summed E-state index contributed by atoms with van der Waals surface area (Å²) < 4.78 is 34.6. The van der Waals surface area contributed by atoms with Crippen molar-refractivity contribution in [3.63, 3.8) is 0 Å². The molecule has 180 valence electrons. The van der Waals surface area contributed by atoms with Crippen molar-refractivity contribution in [1.82, 2.24) is 18.4 Å². The lowest BCUT2D eigenvalue weighted by Crippen LogP contribution is -2.57. The number of morpholine rings is 1. The fraction of sp³-hybridized carbons (Fsp3) is 0.857. The predicted octanol–water partition coefficient (Wildman–Crippen LogP) is 0.0499. The van der Waals surface area contributed by atoms with Gasteiger partial charge in [0.1, 0.15) is 0 Å². The molecule has 0 aromatic carbocycles. The molecule has 11 heteroatoms. The topological polar surface area (TPSA) is 108 Å². The molecule has 3 heterocycles. The van der Waals surface area contributed by atoms with Crippen LogP contribution in [0.4, 0.5) is 0 Å². The lowest BCUT2D eigenvalue weighted by Gasteiger charge is -2.40. The van der Waals surface area contributed by atoms with Crippen LogP contribution < -0.4 is 0 Å². The van der Waals surface area contributed by atoms with Gasteiger partial charge >= 0.3 is 0 Å². The van der Waals surface area contributed by atoms with E-state index in [4.69, 9.17) is 4.74 Å². The summed E-state index contributed by atoms with van der Waals surface area (Å²) in [5.74, 6) is -0.808. The normalized spacial score (nSPS) is 32.9. The van der Waals surface area contributed by atoms with E-state index in [0.717, 1.165) is 25.7 Å². The van der Waals surface area contributed by atoms with E-state index in [1.54, 1.807) is 4.90 Å². The second kappa shape index (κ2) is 9.36. The Morgan fingerprint density at radius 2 is 1.44 bits per heavy atom. The second-order valence-electron chi connectivity index (χ2n) is 9.44. The molecule has 0 aromatic heterocycles. The SMILES string of the molecule is C[C@@H]1CN(S(=O)(=O)N2CCN(C(=O)CCN3C(=O)[C@H]4CCCC[C@H]4C3=O)CC2)C[C@H](C)O1. The van der Waals surface area contributed by atoms with Gasteiger partial charge in [-0.3, -0.25) is 19.3 Å².